The average Bonchev–Trinajstić information content (AvgIpc) is 3.14. The molecule has 0 bridgehead atoms. The molecular formula is C19H20ClFN6O2S. The molecule has 2 aromatic heterocycles. The van der Waals surface area contributed by atoms with Gasteiger partial charge in [-0.15, -0.1) is 3.89 Å². The van der Waals surface area contributed by atoms with E-state index in [1.807, 2.05) is 6.92 Å². The zero-order valence-electron chi connectivity index (χ0n) is 16.2. The van der Waals surface area contributed by atoms with Crippen molar-refractivity contribution >= 4 is 52.4 Å². The average molecular weight is 451 g/mol. The van der Waals surface area contributed by atoms with E-state index in [-0.39, 0.29) is 47.1 Å². The molecule has 0 aliphatic rings. The number of anilines is 1. The molecule has 158 valence electrons. The van der Waals surface area contributed by atoms with Crippen LogP contribution in [-0.2, 0) is 0 Å². The molecular weight excluding hydrogens is 431 g/mol. The number of rotatable bonds is 8. The fourth-order valence-electron chi connectivity index (χ4n) is 2.92. The second-order valence-electron chi connectivity index (χ2n) is 6.44. The van der Waals surface area contributed by atoms with Crippen molar-refractivity contribution in [3.8, 4) is 0 Å². The summed E-state index contributed by atoms with van der Waals surface area (Å²) in [5.74, 6) is -0.505. The first-order chi connectivity index (χ1) is 14.4. The molecule has 2 heterocycles. The largest absolute Gasteiger partial charge is 0.394 e. The third kappa shape index (κ3) is 4.25. The summed E-state index contributed by atoms with van der Waals surface area (Å²) in [5, 5.41) is 24.1. The van der Waals surface area contributed by atoms with Crippen molar-refractivity contribution in [3.63, 3.8) is 0 Å². The maximum absolute atomic E-state index is 13.4. The normalized spacial score (nSPS) is 12.0. The fraction of sp³-hybridized carbons (Fsp3) is 0.263. The zero-order chi connectivity index (χ0) is 21.8. The van der Waals surface area contributed by atoms with Gasteiger partial charge in [-0.05, 0) is 24.6 Å². The summed E-state index contributed by atoms with van der Waals surface area (Å²) in [6, 6.07) is 4.60. The molecule has 0 aliphatic carbocycles. The topological polar surface area (TPSA) is 116 Å². The molecule has 30 heavy (non-hydrogen) atoms. The number of nitrogens with zero attached hydrogens (tertiary/aromatic N) is 3. The van der Waals surface area contributed by atoms with E-state index in [1.54, 1.807) is 25.2 Å². The van der Waals surface area contributed by atoms with E-state index >= 15 is 0 Å². The number of amides is 1. The Balaban J connectivity index is 2.06. The van der Waals surface area contributed by atoms with E-state index < -0.39 is 11.9 Å². The van der Waals surface area contributed by atoms with Crippen LogP contribution in [0.4, 0.5) is 9.57 Å². The van der Waals surface area contributed by atoms with Gasteiger partial charge in [-0.2, -0.15) is 0 Å². The molecule has 0 spiro atoms. The van der Waals surface area contributed by atoms with Crippen molar-refractivity contribution < 1.29 is 13.8 Å². The Morgan fingerprint density at radius 3 is 2.83 bits per heavy atom. The maximum Gasteiger partial charge on any atom is 0.255 e. The van der Waals surface area contributed by atoms with Gasteiger partial charge in [0.25, 0.3) is 5.91 Å². The van der Waals surface area contributed by atoms with Gasteiger partial charge >= 0.3 is 0 Å². The number of benzene rings is 1. The Hall–Kier alpha value is -2.69. The van der Waals surface area contributed by atoms with Crippen LogP contribution in [0.15, 0.2) is 30.6 Å². The lowest BCUT2D eigenvalue weighted by atomic mass is 10.1. The first-order valence-corrected chi connectivity index (χ1v) is 10.1. The van der Waals surface area contributed by atoms with E-state index in [9.17, 15) is 13.8 Å². The van der Waals surface area contributed by atoms with Gasteiger partial charge in [0.2, 0.25) is 0 Å². The molecule has 11 heteroatoms. The Morgan fingerprint density at radius 2 is 2.20 bits per heavy atom. The first kappa shape index (κ1) is 22.0. The summed E-state index contributed by atoms with van der Waals surface area (Å²) in [6.07, 6.45) is 3.18. The highest BCUT2D eigenvalue weighted by Gasteiger charge is 2.22. The summed E-state index contributed by atoms with van der Waals surface area (Å²) in [6.45, 7) is 1.61. The minimum atomic E-state index is -0.505. The van der Waals surface area contributed by atoms with Crippen LogP contribution in [0, 0.1) is 5.41 Å². The van der Waals surface area contributed by atoms with Gasteiger partial charge in [0, 0.05) is 29.5 Å². The summed E-state index contributed by atoms with van der Waals surface area (Å²) in [5.41, 5.74) is 1.89. The monoisotopic (exact) mass is 450 g/mol. The second-order valence-corrected chi connectivity index (χ2v) is 7.41. The van der Waals surface area contributed by atoms with Crippen molar-refractivity contribution in [3.05, 3.63) is 52.4 Å². The van der Waals surface area contributed by atoms with E-state index in [0.717, 1.165) is 3.97 Å². The Morgan fingerprint density at radius 1 is 1.43 bits per heavy atom. The zero-order valence-corrected chi connectivity index (χ0v) is 17.8. The number of carbonyl (C=O) groups is 1. The molecule has 0 aliphatic heterocycles. The van der Waals surface area contributed by atoms with Gasteiger partial charge in [-0.3, -0.25) is 10.2 Å². The molecule has 3 rings (SSSR count). The fourth-order valence-corrected chi connectivity index (χ4v) is 3.44. The molecule has 0 fully saturated rings. The van der Waals surface area contributed by atoms with Gasteiger partial charge < -0.3 is 15.7 Å². The Kier molecular flexibility index (Phi) is 6.91. The van der Waals surface area contributed by atoms with Crippen LogP contribution in [-0.4, -0.2) is 50.4 Å². The molecule has 4 N–H and O–H groups in total. The van der Waals surface area contributed by atoms with Gasteiger partial charge in [0.1, 0.15) is 11.2 Å². The third-order valence-electron chi connectivity index (χ3n) is 4.61. The molecule has 0 saturated heterocycles. The summed E-state index contributed by atoms with van der Waals surface area (Å²) >= 11 is 5.91. The minimum Gasteiger partial charge on any atom is -0.394 e. The lowest BCUT2D eigenvalue weighted by Gasteiger charge is -2.13. The number of hydrogen-bond donors (Lipinski definition) is 4. The van der Waals surface area contributed by atoms with Gasteiger partial charge in [0.05, 0.1) is 30.1 Å². The summed E-state index contributed by atoms with van der Waals surface area (Å²) in [4.78, 5) is 21.3. The highest BCUT2D eigenvalue weighted by molar-refractivity contribution is 7.92. The minimum absolute atomic E-state index is 0.0687. The SMILES string of the molecule is CC[C@H](CO)NC(=O)c1cn(SF)c2ncc(C(=N)c3ccc(Cl)cc3NC)nc12. The number of fused-ring (bicyclic) bond motifs is 1. The maximum atomic E-state index is 13.4. The Labute approximate surface area is 181 Å². The van der Waals surface area contributed by atoms with Crippen LogP contribution in [0.5, 0.6) is 0 Å². The van der Waals surface area contributed by atoms with Gasteiger partial charge in [-0.25, -0.2) is 13.9 Å². The van der Waals surface area contributed by atoms with Gasteiger partial charge in [0.15, 0.2) is 18.0 Å². The molecule has 0 radical (unpaired) electrons. The number of aromatic nitrogens is 3. The van der Waals surface area contributed by atoms with Crippen LogP contribution in [0.25, 0.3) is 11.2 Å². The van der Waals surface area contributed by atoms with Crippen molar-refractivity contribution in [1.29, 1.82) is 5.41 Å². The molecule has 1 atom stereocenters. The lowest BCUT2D eigenvalue weighted by Crippen LogP contribution is -2.36. The van der Waals surface area contributed by atoms with Crippen molar-refractivity contribution in [2.45, 2.75) is 19.4 Å². The van der Waals surface area contributed by atoms with Crippen molar-refractivity contribution in [1.82, 2.24) is 19.3 Å². The number of carbonyl (C=O) groups excluding carboxylic acids is 1. The lowest BCUT2D eigenvalue weighted by molar-refractivity contribution is 0.0916. The highest BCUT2D eigenvalue weighted by Crippen LogP contribution is 2.26. The third-order valence-corrected chi connectivity index (χ3v) is 5.27. The van der Waals surface area contributed by atoms with Crippen molar-refractivity contribution in [2.24, 2.45) is 0 Å². The van der Waals surface area contributed by atoms with E-state index in [0.29, 0.717) is 22.7 Å². The van der Waals surface area contributed by atoms with E-state index in [1.165, 1.54) is 12.4 Å². The number of aliphatic hydroxyl groups excluding tert-OH is 1. The molecule has 0 saturated carbocycles. The van der Waals surface area contributed by atoms with Crippen LogP contribution in [0.3, 0.4) is 0 Å². The molecule has 0 unspecified atom stereocenters. The summed E-state index contributed by atoms with van der Waals surface area (Å²) < 4.78 is 14.5. The molecule has 8 nitrogen and oxygen atoms in total. The van der Waals surface area contributed by atoms with Crippen LogP contribution in [0.1, 0.15) is 35.0 Å². The summed E-state index contributed by atoms with van der Waals surface area (Å²) in [7, 11) is 1.71. The second kappa shape index (κ2) is 9.41. The predicted octanol–water partition coefficient (Wildman–Crippen LogP) is 3.42. The quantitative estimate of drug-likeness (QED) is 0.391. The number of aliphatic hydroxyl groups is 1. The van der Waals surface area contributed by atoms with E-state index in [4.69, 9.17) is 17.0 Å². The highest BCUT2D eigenvalue weighted by atomic mass is 35.5. The standard InChI is InChI=1S/C19H20ClFN6O2S/c1-3-11(9-28)25-19(29)13-8-27(30-21)18-17(13)26-15(7-24-18)16(22)12-5-4-10(20)6-14(12)23-2/h4-8,11,22-23,28H,3,9H2,1-2H3,(H,25,29)/t11-/m1/s1. The Bertz CT molecular complexity index is 1100. The van der Waals surface area contributed by atoms with Crippen LogP contribution >= 0.6 is 23.9 Å². The van der Waals surface area contributed by atoms with Crippen LogP contribution in [0.2, 0.25) is 5.02 Å². The molecule has 1 amide bonds. The van der Waals surface area contributed by atoms with Gasteiger partial charge in [-0.1, -0.05) is 18.5 Å². The van der Waals surface area contributed by atoms with E-state index in [2.05, 4.69) is 20.6 Å². The molecule has 1 aromatic carbocycles. The van der Waals surface area contributed by atoms with Crippen molar-refractivity contribution in [2.75, 3.05) is 19.0 Å². The van der Waals surface area contributed by atoms with Crippen LogP contribution < -0.4 is 10.6 Å². The smallest absolute Gasteiger partial charge is 0.255 e. The molecule has 3 aromatic rings. The number of halogens is 2. The predicted molar refractivity (Wildman–Crippen MR) is 117 cm³/mol. The number of nitrogens with one attached hydrogen (secondary N) is 3. The number of hydrogen-bond acceptors (Lipinski definition) is 7. The first-order valence-electron chi connectivity index (χ1n) is 9.08.